The standard InChI is InChI=1S/C23H22IN3O3S/c1-17-8-6-11-21(14-17)27(31(29,30)22-12-4-3-5-13-22)16-23(28)26-25-18(2)19-9-7-10-20(24)15-19/h3-15H,16H2,1-2H3,(H,26,28)/b25-18-. The molecule has 3 aromatic carbocycles. The molecule has 0 unspecified atom stereocenters. The highest BCUT2D eigenvalue weighted by Crippen LogP contribution is 2.24. The normalized spacial score (nSPS) is 11.8. The van der Waals surface area contributed by atoms with Crippen molar-refractivity contribution in [1.82, 2.24) is 5.43 Å². The van der Waals surface area contributed by atoms with Crippen molar-refractivity contribution in [2.24, 2.45) is 5.10 Å². The maximum Gasteiger partial charge on any atom is 0.264 e. The lowest BCUT2D eigenvalue weighted by atomic mass is 10.1. The zero-order valence-electron chi connectivity index (χ0n) is 17.1. The third kappa shape index (κ3) is 5.92. The summed E-state index contributed by atoms with van der Waals surface area (Å²) in [6, 6.07) is 22.8. The number of aryl methyl sites for hydroxylation is 1. The molecule has 1 amide bonds. The fourth-order valence-corrected chi connectivity index (χ4v) is 4.88. The van der Waals surface area contributed by atoms with Gasteiger partial charge in [-0.05, 0) is 84.0 Å². The Balaban J connectivity index is 1.87. The third-order valence-electron chi connectivity index (χ3n) is 4.50. The summed E-state index contributed by atoms with van der Waals surface area (Å²) in [5, 5.41) is 4.15. The van der Waals surface area contributed by atoms with Gasteiger partial charge in [0.1, 0.15) is 6.54 Å². The van der Waals surface area contributed by atoms with E-state index in [-0.39, 0.29) is 4.90 Å². The molecule has 0 fully saturated rings. The van der Waals surface area contributed by atoms with Crippen molar-refractivity contribution in [3.63, 3.8) is 0 Å². The van der Waals surface area contributed by atoms with E-state index in [1.807, 2.05) is 37.3 Å². The van der Waals surface area contributed by atoms with Crippen molar-refractivity contribution in [2.75, 3.05) is 10.8 Å². The molecule has 0 saturated carbocycles. The summed E-state index contributed by atoms with van der Waals surface area (Å²) in [5.74, 6) is -0.536. The first-order valence-electron chi connectivity index (χ1n) is 9.51. The van der Waals surface area contributed by atoms with Gasteiger partial charge in [0, 0.05) is 3.57 Å². The van der Waals surface area contributed by atoms with Crippen LogP contribution in [0.4, 0.5) is 5.69 Å². The fraction of sp³-hybridized carbons (Fsp3) is 0.130. The quantitative estimate of drug-likeness (QED) is 0.272. The Morgan fingerprint density at radius 2 is 1.71 bits per heavy atom. The molecule has 3 aromatic rings. The number of halogens is 1. The van der Waals surface area contributed by atoms with Gasteiger partial charge in [0.25, 0.3) is 15.9 Å². The molecule has 0 aliphatic heterocycles. The van der Waals surface area contributed by atoms with Crippen molar-refractivity contribution < 1.29 is 13.2 Å². The van der Waals surface area contributed by atoms with Crippen molar-refractivity contribution in [1.29, 1.82) is 0 Å². The van der Waals surface area contributed by atoms with Crippen LogP contribution in [0.3, 0.4) is 0 Å². The van der Waals surface area contributed by atoms with E-state index in [1.165, 1.54) is 12.1 Å². The number of hydrazone groups is 1. The van der Waals surface area contributed by atoms with Crippen LogP contribution in [-0.2, 0) is 14.8 Å². The van der Waals surface area contributed by atoms with Crippen molar-refractivity contribution in [3.05, 3.63) is 93.6 Å². The minimum atomic E-state index is -3.94. The minimum absolute atomic E-state index is 0.114. The monoisotopic (exact) mass is 547 g/mol. The van der Waals surface area contributed by atoms with Crippen LogP contribution in [0.1, 0.15) is 18.1 Å². The number of nitrogens with one attached hydrogen (secondary N) is 1. The number of rotatable bonds is 7. The molecule has 1 N–H and O–H groups in total. The molecule has 0 saturated heterocycles. The highest BCUT2D eigenvalue weighted by Gasteiger charge is 2.27. The van der Waals surface area contributed by atoms with Crippen molar-refractivity contribution in [2.45, 2.75) is 18.7 Å². The van der Waals surface area contributed by atoms with Gasteiger partial charge >= 0.3 is 0 Å². The number of hydrogen-bond acceptors (Lipinski definition) is 4. The van der Waals surface area contributed by atoms with Gasteiger partial charge in [0.05, 0.1) is 16.3 Å². The summed E-state index contributed by atoms with van der Waals surface area (Å²) in [6.45, 7) is 3.25. The van der Waals surface area contributed by atoms with Crippen LogP contribution < -0.4 is 9.73 Å². The van der Waals surface area contributed by atoms with E-state index in [2.05, 4.69) is 33.1 Å². The first kappa shape index (κ1) is 23.0. The summed E-state index contributed by atoms with van der Waals surface area (Å²) < 4.78 is 28.7. The molecule has 160 valence electrons. The number of benzene rings is 3. The predicted octanol–water partition coefficient (Wildman–Crippen LogP) is 4.34. The number of anilines is 1. The topological polar surface area (TPSA) is 78.8 Å². The Labute approximate surface area is 196 Å². The van der Waals surface area contributed by atoms with Gasteiger partial charge in [-0.15, -0.1) is 0 Å². The molecule has 0 aliphatic rings. The number of carbonyl (C=O) groups is 1. The van der Waals surface area contributed by atoms with Gasteiger partial charge in [0.2, 0.25) is 0 Å². The molecule has 0 spiro atoms. The minimum Gasteiger partial charge on any atom is -0.271 e. The smallest absolute Gasteiger partial charge is 0.264 e. The lowest BCUT2D eigenvalue weighted by Gasteiger charge is -2.24. The number of hydrogen-bond donors (Lipinski definition) is 1. The first-order valence-corrected chi connectivity index (χ1v) is 12.0. The SMILES string of the molecule is C/C(=N/NC(=O)CN(c1cccc(C)c1)S(=O)(=O)c1ccccc1)c1cccc(I)c1. The van der Waals surface area contributed by atoms with E-state index >= 15 is 0 Å². The molecule has 0 aromatic heterocycles. The molecule has 6 nitrogen and oxygen atoms in total. The Hall–Kier alpha value is -2.72. The second kappa shape index (κ2) is 10.1. The van der Waals surface area contributed by atoms with Crippen LogP contribution in [0.5, 0.6) is 0 Å². The van der Waals surface area contributed by atoms with E-state index in [1.54, 1.807) is 43.3 Å². The molecular formula is C23H22IN3O3S. The van der Waals surface area contributed by atoms with E-state index in [0.29, 0.717) is 11.4 Å². The van der Waals surface area contributed by atoms with Crippen LogP contribution >= 0.6 is 22.6 Å². The largest absolute Gasteiger partial charge is 0.271 e. The maximum absolute atomic E-state index is 13.3. The van der Waals surface area contributed by atoms with E-state index in [9.17, 15) is 13.2 Å². The predicted molar refractivity (Wildman–Crippen MR) is 132 cm³/mol. The summed E-state index contributed by atoms with van der Waals surface area (Å²) in [4.78, 5) is 12.8. The van der Waals surface area contributed by atoms with Gasteiger partial charge < -0.3 is 0 Å². The van der Waals surface area contributed by atoms with Crippen LogP contribution in [0.25, 0.3) is 0 Å². The number of amides is 1. The summed E-state index contributed by atoms with van der Waals surface area (Å²) in [7, 11) is -3.94. The van der Waals surface area contributed by atoms with Crippen molar-refractivity contribution >= 4 is 49.9 Å². The second-order valence-electron chi connectivity index (χ2n) is 6.91. The van der Waals surface area contributed by atoms with Crippen LogP contribution in [-0.4, -0.2) is 26.6 Å². The van der Waals surface area contributed by atoms with Crippen LogP contribution in [0, 0.1) is 10.5 Å². The molecule has 31 heavy (non-hydrogen) atoms. The molecule has 0 bridgehead atoms. The third-order valence-corrected chi connectivity index (χ3v) is 6.96. The molecule has 0 radical (unpaired) electrons. The second-order valence-corrected chi connectivity index (χ2v) is 10.0. The summed E-state index contributed by atoms with van der Waals surface area (Å²) in [5.41, 5.74) is 5.28. The summed E-state index contributed by atoms with van der Waals surface area (Å²) in [6.07, 6.45) is 0. The van der Waals surface area contributed by atoms with Crippen LogP contribution in [0.15, 0.2) is 88.9 Å². The van der Waals surface area contributed by atoms with Gasteiger partial charge in [-0.3, -0.25) is 9.10 Å². The molecular weight excluding hydrogens is 525 g/mol. The average molecular weight is 547 g/mol. The lowest BCUT2D eigenvalue weighted by molar-refractivity contribution is -0.119. The van der Waals surface area contributed by atoms with Crippen LogP contribution in [0.2, 0.25) is 0 Å². The number of sulfonamides is 1. The van der Waals surface area contributed by atoms with Gasteiger partial charge in [-0.2, -0.15) is 5.10 Å². The fourth-order valence-electron chi connectivity index (χ4n) is 2.91. The Bertz CT molecular complexity index is 1210. The first-order chi connectivity index (χ1) is 14.8. The van der Waals surface area contributed by atoms with Crippen molar-refractivity contribution in [3.8, 4) is 0 Å². The molecule has 8 heteroatoms. The average Bonchev–Trinajstić information content (AvgIpc) is 2.76. The van der Waals surface area contributed by atoms with E-state index in [4.69, 9.17) is 0 Å². The zero-order chi connectivity index (χ0) is 22.4. The van der Waals surface area contributed by atoms with E-state index in [0.717, 1.165) is 19.0 Å². The molecule has 0 aliphatic carbocycles. The Morgan fingerprint density at radius 3 is 2.39 bits per heavy atom. The number of carbonyl (C=O) groups excluding carboxylic acids is 1. The van der Waals surface area contributed by atoms with E-state index < -0.39 is 22.5 Å². The molecule has 0 heterocycles. The number of nitrogens with zero attached hydrogens (tertiary/aromatic N) is 2. The van der Waals surface area contributed by atoms with Gasteiger partial charge in [-0.25, -0.2) is 13.8 Å². The highest BCUT2D eigenvalue weighted by atomic mass is 127. The van der Waals surface area contributed by atoms with Gasteiger partial charge in [-0.1, -0.05) is 42.5 Å². The maximum atomic E-state index is 13.3. The van der Waals surface area contributed by atoms with Gasteiger partial charge in [0.15, 0.2) is 0 Å². The Kier molecular flexibility index (Phi) is 7.45. The Morgan fingerprint density at radius 1 is 1.00 bits per heavy atom. The highest BCUT2D eigenvalue weighted by molar-refractivity contribution is 14.1. The summed E-state index contributed by atoms with van der Waals surface area (Å²) >= 11 is 2.20. The zero-order valence-corrected chi connectivity index (χ0v) is 20.1. The molecule has 3 rings (SSSR count). The lowest BCUT2D eigenvalue weighted by Crippen LogP contribution is -2.39. The molecule has 0 atom stereocenters.